The Hall–Kier alpha value is -2.10. The normalized spacial score (nSPS) is 36.4. The SMILES string of the molecule is C[C@H](CCC(=O)Nc1ccc(S(N)(=O)=O)cc1Cl)[C@H]1CC[C@H]2[C@@H]3C(=O)C[C@@H]4CC(=O)CC[C@]4(C)[C@H]3CC(=O)[C@]12C. The summed E-state index contributed by atoms with van der Waals surface area (Å²) >= 11 is 6.17. The van der Waals surface area contributed by atoms with Crippen LogP contribution < -0.4 is 10.5 Å². The van der Waals surface area contributed by atoms with Crippen LogP contribution in [-0.2, 0) is 29.2 Å². The Morgan fingerprint density at radius 3 is 2.52 bits per heavy atom. The summed E-state index contributed by atoms with van der Waals surface area (Å²) in [6, 6.07) is 3.91. The number of hydrogen-bond acceptors (Lipinski definition) is 6. The third-order valence-electron chi connectivity index (χ3n) is 11.3. The number of Topliss-reactive ketones (excluding diaryl/α,β-unsaturated/α-hetero) is 3. The van der Waals surface area contributed by atoms with Crippen LogP contribution in [0.1, 0.15) is 78.6 Å². The summed E-state index contributed by atoms with van der Waals surface area (Å²) in [7, 11) is -3.90. The summed E-state index contributed by atoms with van der Waals surface area (Å²) in [4.78, 5) is 52.3. The number of benzene rings is 1. The molecule has 1 aromatic rings. The molecule has 0 radical (unpaired) electrons. The molecule has 0 spiro atoms. The van der Waals surface area contributed by atoms with Crippen LogP contribution in [0.4, 0.5) is 5.69 Å². The van der Waals surface area contributed by atoms with Crippen molar-refractivity contribution in [2.24, 2.45) is 51.5 Å². The first-order chi connectivity index (χ1) is 18.7. The zero-order chi connectivity index (χ0) is 29.2. The highest BCUT2D eigenvalue weighted by molar-refractivity contribution is 7.89. The minimum absolute atomic E-state index is 0.0130. The van der Waals surface area contributed by atoms with Gasteiger partial charge in [-0.3, -0.25) is 19.2 Å². The molecule has 4 aliphatic rings. The number of sulfonamides is 1. The molecule has 40 heavy (non-hydrogen) atoms. The maximum absolute atomic E-state index is 13.9. The van der Waals surface area contributed by atoms with Gasteiger partial charge in [0.25, 0.3) is 0 Å². The average molecular weight is 591 g/mol. The molecule has 0 aromatic heterocycles. The topological polar surface area (TPSA) is 140 Å². The van der Waals surface area contributed by atoms with Crippen molar-refractivity contribution < 1.29 is 27.6 Å². The largest absolute Gasteiger partial charge is 0.325 e. The van der Waals surface area contributed by atoms with Crippen LogP contribution >= 0.6 is 11.6 Å². The molecule has 8 nitrogen and oxygen atoms in total. The molecular weight excluding hydrogens is 552 g/mol. The number of carbonyl (C=O) groups is 4. The van der Waals surface area contributed by atoms with E-state index in [1.54, 1.807) is 0 Å². The van der Waals surface area contributed by atoms with E-state index in [0.717, 1.165) is 19.3 Å². The lowest BCUT2D eigenvalue weighted by Crippen LogP contribution is -2.60. The van der Waals surface area contributed by atoms with Crippen LogP contribution in [0.3, 0.4) is 0 Å². The van der Waals surface area contributed by atoms with Gasteiger partial charge in [-0.15, -0.1) is 0 Å². The molecule has 0 saturated heterocycles. The van der Waals surface area contributed by atoms with E-state index in [1.807, 2.05) is 0 Å². The summed E-state index contributed by atoms with van der Waals surface area (Å²) in [5.74, 6) is 0.608. The van der Waals surface area contributed by atoms with Crippen molar-refractivity contribution >= 4 is 50.6 Å². The van der Waals surface area contributed by atoms with Gasteiger partial charge in [0.2, 0.25) is 15.9 Å². The number of nitrogens with one attached hydrogen (secondary N) is 1. The van der Waals surface area contributed by atoms with Crippen LogP contribution in [0.15, 0.2) is 23.1 Å². The maximum Gasteiger partial charge on any atom is 0.238 e. The number of carbonyl (C=O) groups excluding carboxylic acids is 4. The van der Waals surface area contributed by atoms with Crippen molar-refractivity contribution in [1.82, 2.24) is 0 Å². The second-order valence-electron chi connectivity index (χ2n) is 13.2. The molecule has 5 rings (SSSR count). The van der Waals surface area contributed by atoms with Crippen molar-refractivity contribution in [1.29, 1.82) is 0 Å². The molecule has 0 aliphatic heterocycles. The first kappa shape index (κ1) is 29.4. The Labute approximate surface area is 241 Å². The van der Waals surface area contributed by atoms with E-state index in [4.69, 9.17) is 16.7 Å². The third-order valence-corrected chi connectivity index (χ3v) is 12.5. The molecule has 4 fully saturated rings. The number of amides is 1. The van der Waals surface area contributed by atoms with Gasteiger partial charge in [0.15, 0.2) is 0 Å². The van der Waals surface area contributed by atoms with E-state index < -0.39 is 15.4 Å². The van der Waals surface area contributed by atoms with Gasteiger partial charge in [-0.2, -0.15) is 0 Å². The van der Waals surface area contributed by atoms with E-state index in [-0.39, 0.29) is 80.5 Å². The first-order valence-electron chi connectivity index (χ1n) is 14.4. The molecule has 3 N–H and O–H groups in total. The highest BCUT2D eigenvalue weighted by atomic mass is 35.5. The second kappa shape index (κ2) is 10.3. The Morgan fingerprint density at radius 1 is 1.12 bits per heavy atom. The van der Waals surface area contributed by atoms with Gasteiger partial charge in [0, 0.05) is 43.4 Å². The molecule has 0 bridgehead atoms. The summed E-state index contributed by atoms with van der Waals surface area (Å²) < 4.78 is 23.1. The number of rotatable bonds is 6. The molecule has 1 aromatic carbocycles. The highest BCUT2D eigenvalue weighted by Gasteiger charge is 2.66. The van der Waals surface area contributed by atoms with Gasteiger partial charge in [0.05, 0.1) is 15.6 Å². The maximum atomic E-state index is 13.9. The minimum Gasteiger partial charge on any atom is -0.325 e. The van der Waals surface area contributed by atoms with E-state index in [0.29, 0.717) is 37.8 Å². The Bertz CT molecular complexity index is 1380. The summed E-state index contributed by atoms with van der Waals surface area (Å²) in [5, 5.41) is 7.96. The highest BCUT2D eigenvalue weighted by Crippen LogP contribution is 2.66. The van der Waals surface area contributed by atoms with Gasteiger partial charge in [0.1, 0.15) is 17.3 Å². The number of anilines is 1. The number of primary sulfonamides is 1. The zero-order valence-electron chi connectivity index (χ0n) is 23.4. The van der Waals surface area contributed by atoms with Gasteiger partial charge in [-0.1, -0.05) is 32.4 Å². The molecule has 10 heteroatoms. The predicted molar refractivity (Wildman–Crippen MR) is 151 cm³/mol. The van der Waals surface area contributed by atoms with Gasteiger partial charge >= 0.3 is 0 Å². The number of nitrogens with two attached hydrogens (primary N) is 1. The van der Waals surface area contributed by atoms with E-state index >= 15 is 0 Å². The number of hydrogen-bond donors (Lipinski definition) is 2. The lowest BCUT2D eigenvalue weighted by Gasteiger charge is -2.58. The van der Waals surface area contributed by atoms with Crippen LogP contribution in [0.25, 0.3) is 0 Å². The van der Waals surface area contributed by atoms with Crippen LogP contribution in [0, 0.1) is 46.3 Å². The lowest BCUT2D eigenvalue weighted by atomic mass is 9.44. The number of ketones is 3. The monoisotopic (exact) mass is 590 g/mol. The molecular formula is C30H39ClN2O6S. The summed E-state index contributed by atoms with van der Waals surface area (Å²) in [6.45, 7) is 6.36. The summed E-state index contributed by atoms with van der Waals surface area (Å²) in [5.41, 5.74) is -0.424. The quantitative estimate of drug-likeness (QED) is 0.481. The molecule has 4 saturated carbocycles. The third kappa shape index (κ3) is 4.86. The first-order valence-corrected chi connectivity index (χ1v) is 16.3. The van der Waals surface area contributed by atoms with Gasteiger partial charge < -0.3 is 5.32 Å². The predicted octanol–water partition coefficient (Wildman–Crippen LogP) is 4.93. The van der Waals surface area contributed by atoms with Crippen molar-refractivity contribution in [2.75, 3.05) is 5.32 Å². The fourth-order valence-corrected chi connectivity index (χ4v) is 9.77. The van der Waals surface area contributed by atoms with Gasteiger partial charge in [-0.05, 0) is 78.9 Å². The molecule has 0 heterocycles. The number of halogens is 1. The van der Waals surface area contributed by atoms with Crippen molar-refractivity contribution in [3.8, 4) is 0 Å². The van der Waals surface area contributed by atoms with E-state index in [1.165, 1.54) is 18.2 Å². The molecule has 4 aliphatic carbocycles. The minimum atomic E-state index is -3.90. The lowest BCUT2D eigenvalue weighted by molar-refractivity contribution is -0.166. The molecule has 218 valence electrons. The van der Waals surface area contributed by atoms with E-state index in [9.17, 15) is 27.6 Å². The Balaban J connectivity index is 1.26. The number of fused-ring (bicyclic) bond motifs is 5. The van der Waals surface area contributed by atoms with Crippen LogP contribution in [0.2, 0.25) is 5.02 Å². The van der Waals surface area contributed by atoms with Crippen LogP contribution in [-0.4, -0.2) is 31.7 Å². The van der Waals surface area contributed by atoms with Gasteiger partial charge in [-0.25, -0.2) is 13.6 Å². The second-order valence-corrected chi connectivity index (χ2v) is 15.2. The Kier molecular flexibility index (Phi) is 7.58. The van der Waals surface area contributed by atoms with Crippen molar-refractivity contribution in [2.45, 2.75) is 83.5 Å². The zero-order valence-corrected chi connectivity index (χ0v) is 24.9. The fourth-order valence-electron chi connectivity index (χ4n) is 8.94. The standard InChI is InChI=1S/C30H39ClN2O6S/c1-16(4-9-27(37)33-24-8-5-19(14-23(24)31)40(32,38)39)20-6-7-21-28-22(15-26(36)30(20,21)3)29(2)11-10-18(34)12-17(29)13-25(28)35/h5,8,14,16-17,20-22,28H,4,6-7,9-13,15H2,1-3H3,(H,33,37)(H2,32,38,39)/t16-,17+,20-,21+,22+,28+,29+,30-/m1/s1. The average Bonchev–Trinajstić information content (AvgIpc) is 3.23. The molecule has 8 atom stereocenters. The molecule has 1 amide bonds. The molecule has 0 unspecified atom stereocenters. The fraction of sp³-hybridized carbons (Fsp3) is 0.667. The Morgan fingerprint density at radius 2 is 1.85 bits per heavy atom. The van der Waals surface area contributed by atoms with Crippen molar-refractivity contribution in [3.63, 3.8) is 0 Å². The van der Waals surface area contributed by atoms with Crippen LogP contribution in [0.5, 0.6) is 0 Å². The summed E-state index contributed by atoms with van der Waals surface area (Å²) in [6.07, 6.45) is 5.11. The smallest absolute Gasteiger partial charge is 0.238 e. The van der Waals surface area contributed by atoms with E-state index in [2.05, 4.69) is 26.1 Å². The van der Waals surface area contributed by atoms with Crippen molar-refractivity contribution in [3.05, 3.63) is 23.2 Å².